The molecule has 1 atom stereocenters. The molecular formula is C23H27FN2O4. The Morgan fingerprint density at radius 2 is 1.97 bits per heavy atom. The van der Waals surface area contributed by atoms with Gasteiger partial charge in [-0.2, -0.15) is 0 Å². The second-order valence-electron chi connectivity index (χ2n) is 7.86. The summed E-state index contributed by atoms with van der Waals surface area (Å²) in [6, 6.07) is 9.36. The van der Waals surface area contributed by atoms with Crippen LogP contribution in [-0.4, -0.2) is 31.6 Å². The van der Waals surface area contributed by atoms with Gasteiger partial charge in [0.05, 0.1) is 31.3 Å². The van der Waals surface area contributed by atoms with Crippen LogP contribution in [0.4, 0.5) is 10.1 Å². The molecule has 2 N–H and O–H groups in total. The lowest BCUT2D eigenvalue weighted by molar-refractivity contribution is -0.151. The topological polar surface area (TPSA) is 76.7 Å². The molecule has 0 bridgehead atoms. The van der Waals surface area contributed by atoms with E-state index in [1.165, 1.54) is 6.07 Å². The van der Waals surface area contributed by atoms with Crippen LogP contribution in [-0.2, 0) is 9.53 Å². The van der Waals surface area contributed by atoms with Crippen LogP contribution in [0.3, 0.4) is 0 Å². The van der Waals surface area contributed by atoms with Crippen LogP contribution in [0.1, 0.15) is 48.3 Å². The van der Waals surface area contributed by atoms with Crippen LogP contribution < -0.4 is 15.4 Å². The summed E-state index contributed by atoms with van der Waals surface area (Å²) in [6.07, 6.45) is 0. The molecule has 0 aromatic heterocycles. The third-order valence-electron chi connectivity index (χ3n) is 5.24. The van der Waals surface area contributed by atoms with Crippen molar-refractivity contribution in [2.24, 2.45) is 5.41 Å². The van der Waals surface area contributed by atoms with E-state index in [4.69, 9.17) is 9.47 Å². The van der Waals surface area contributed by atoms with Gasteiger partial charge in [0.15, 0.2) is 11.6 Å². The monoisotopic (exact) mass is 414 g/mol. The van der Waals surface area contributed by atoms with E-state index in [9.17, 15) is 14.0 Å². The van der Waals surface area contributed by atoms with E-state index in [1.54, 1.807) is 44.2 Å². The first kappa shape index (κ1) is 21.8. The van der Waals surface area contributed by atoms with Gasteiger partial charge in [-0.25, -0.2) is 4.39 Å². The fourth-order valence-electron chi connectivity index (χ4n) is 3.13. The molecule has 0 radical (unpaired) electrons. The maximum atomic E-state index is 14.1. The molecule has 2 amide bonds. The van der Waals surface area contributed by atoms with Crippen molar-refractivity contribution in [3.63, 3.8) is 0 Å². The van der Waals surface area contributed by atoms with Crippen molar-refractivity contribution in [2.75, 3.05) is 25.1 Å². The Kier molecular flexibility index (Phi) is 6.41. The summed E-state index contributed by atoms with van der Waals surface area (Å²) in [5, 5.41) is 5.76. The van der Waals surface area contributed by atoms with Crippen molar-refractivity contribution in [1.29, 1.82) is 0 Å². The number of anilines is 1. The first-order valence-electron chi connectivity index (χ1n) is 9.96. The number of carbonyl (C=O) groups is 2. The summed E-state index contributed by atoms with van der Waals surface area (Å²) in [7, 11) is 0. The average molecular weight is 414 g/mol. The Bertz CT molecular complexity index is 956. The number of halogens is 1. The molecule has 160 valence electrons. The van der Waals surface area contributed by atoms with E-state index in [1.807, 2.05) is 13.8 Å². The maximum absolute atomic E-state index is 14.1. The number of ether oxygens (including phenoxy) is 2. The maximum Gasteiger partial charge on any atom is 0.251 e. The van der Waals surface area contributed by atoms with Gasteiger partial charge in [0.2, 0.25) is 5.91 Å². The summed E-state index contributed by atoms with van der Waals surface area (Å²) in [4.78, 5) is 25.2. The van der Waals surface area contributed by atoms with Crippen molar-refractivity contribution in [2.45, 2.75) is 33.7 Å². The Hall–Kier alpha value is -2.93. The minimum atomic E-state index is -0.545. The fraction of sp³-hybridized carbons (Fsp3) is 0.391. The Morgan fingerprint density at radius 1 is 1.23 bits per heavy atom. The molecule has 2 aromatic rings. The van der Waals surface area contributed by atoms with Crippen LogP contribution in [0.15, 0.2) is 36.4 Å². The molecule has 1 aliphatic rings. The largest absolute Gasteiger partial charge is 0.491 e. The van der Waals surface area contributed by atoms with Gasteiger partial charge in [0.1, 0.15) is 0 Å². The number of amides is 2. The van der Waals surface area contributed by atoms with E-state index in [0.717, 1.165) is 5.56 Å². The molecule has 0 spiro atoms. The van der Waals surface area contributed by atoms with E-state index < -0.39 is 17.3 Å². The zero-order valence-corrected chi connectivity index (χ0v) is 17.7. The number of nitrogens with one attached hydrogen (secondary N) is 2. The number of hydrogen-bond donors (Lipinski definition) is 2. The molecule has 1 aliphatic heterocycles. The molecule has 1 unspecified atom stereocenters. The van der Waals surface area contributed by atoms with E-state index in [0.29, 0.717) is 36.6 Å². The Morgan fingerprint density at radius 3 is 2.57 bits per heavy atom. The normalized spacial score (nSPS) is 15.6. The lowest BCUT2D eigenvalue weighted by Crippen LogP contribution is -2.49. The zero-order chi connectivity index (χ0) is 21.9. The van der Waals surface area contributed by atoms with Crippen LogP contribution in [0.2, 0.25) is 0 Å². The highest BCUT2D eigenvalue weighted by Gasteiger charge is 2.41. The van der Waals surface area contributed by atoms with Crippen molar-refractivity contribution in [1.82, 2.24) is 5.32 Å². The number of rotatable bonds is 7. The predicted octanol–water partition coefficient (Wildman–Crippen LogP) is 4.00. The molecule has 2 aromatic carbocycles. The number of hydrogen-bond acceptors (Lipinski definition) is 4. The van der Waals surface area contributed by atoms with Crippen LogP contribution >= 0.6 is 0 Å². The molecular weight excluding hydrogens is 387 g/mol. The highest BCUT2D eigenvalue weighted by molar-refractivity contribution is 5.99. The molecule has 30 heavy (non-hydrogen) atoms. The molecule has 1 fully saturated rings. The number of benzene rings is 2. The molecule has 1 heterocycles. The Balaban J connectivity index is 1.70. The molecule has 0 saturated carbocycles. The van der Waals surface area contributed by atoms with E-state index >= 15 is 0 Å². The second kappa shape index (κ2) is 8.83. The van der Waals surface area contributed by atoms with Gasteiger partial charge in [-0.05, 0) is 63.1 Å². The van der Waals surface area contributed by atoms with Crippen LogP contribution in [0, 0.1) is 18.2 Å². The van der Waals surface area contributed by atoms with Crippen molar-refractivity contribution in [3.8, 4) is 5.75 Å². The average Bonchev–Trinajstić information content (AvgIpc) is 2.69. The standard InChI is InChI=1S/C23H27FN2O4/c1-5-30-20-9-8-16(10-18(20)24)15(3)25-21(27)17-7-6-14(2)19(11-17)26-22(28)23(4)12-29-13-23/h6-11,15H,5,12-13H2,1-4H3,(H,25,27)(H,26,28). The lowest BCUT2D eigenvalue weighted by atomic mass is 9.87. The highest BCUT2D eigenvalue weighted by atomic mass is 19.1. The van der Waals surface area contributed by atoms with Gasteiger partial charge in [-0.15, -0.1) is 0 Å². The summed E-state index contributed by atoms with van der Waals surface area (Å²) >= 11 is 0. The van der Waals surface area contributed by atoms with Gasteiger partial charge in [0, 0.05) is 11.3 Å². The lowest BCUT2D eigenvalue weighted by Gasteiger charge is -2.36. The highest BCUT2D eigenvalue weighted by Crippen LogP contribution is 2.29. The molecule has 3 rings (SSSR count). The van der Waals surface area contributed by atoms with Crippen LogP contribution in [0.25, 0.3) is 0 Å². The molecule has 0 aliphatic carbocycles. The third-order valence-corrected chi connectivity index (χ3v) is 5.24. The second-order valence-corrected chi connectivity index (χ2v) is 7.86. The van der Waals surface area contributed by atoms with Gasteiger partial charge in [-0.3, -0.25) is 9.59 Å². The van der Waals surface area contributed by atoms with E-state index in [-0.39, 0.29) is 17.6 Å². The number of carbonyl (C=O) groups excluding carboxylic acids is 2. The fourth-order valence-corrected chi connectivity index (χ4v) is 3.13. The van der Waals surface area contributed by atoms with Crippen LogP contribution in [0.5, 0.6) is 5.75 Å². The zero-order valence-electron chi connectivity index (χ0n) is 17.7. The van der Waals surface area contributed by atoms with Gasteiger partial charge < -0.3 is 20.1 Å². The van der Waals surface area contributed by atoms with E-state index in [2.05, 4.69) is 10.6 Å². The quantitative estimate of drug-likeness (QED) is 0.718. The van der Waals surface area contributed by atoms with Gasteiger partial charge in [0.25, 0.3) is 5.91 Å². The third kappa shape index (κ3) is 4.62. The first-order valence-corrected chi connectivity index (χ1v) is 9.96. The molecule has 7 heteroatoms. The van der Waals surface area contributed by atoms with Crippen molar-refractivity contribution < 1.29 is 23.5 Å². The minimum absolute atomic E-state index is 0.132. The van der Waals surface area contributed by atoms with Gasteiger partial charge >= 0.3 is 0 Å². The Labute approximate surface area is 175 Å². The number of aryl methyl sites for hydroxylation is 1. The smallest absolute Gasteiger partial charge is 0.251 e. The summed E-state index contributed by atoms with van der Waals surface area (Å²) in [6.45, 7) is 8.41. The first-order chi connectivity index (χ1) is 14.2. The minimum Gasteiger partial charge on any atom is -0.491 e. The summed E-state index contributed by atoms with van der Waals surface area (Å²) in [5.74, 6) is -0.730. The molecule has 1 saturated heterocycles. The SMILES string of the molecule is CCOc1ccc(C(C)NC(=O)c2ccc(C)c(NC(=O)C3(C)COC3)c2)cc1F. The van der Waals surface area contributed by atoms with Crippen molar-refractivity contribution >= 4 is 17.5 Å². The van der Waals surface area contributed by atoms with Gasteiger partial charge in [-0.1, -0.05) is 12.1 Å². The summed E-state index contributed by atoms with van der Waals surface area (Å²) < 4.78 is 24.5. The van der Waals surface area contributed by atoms with Crippen molar-refractivity contribution in [3.05, 3.63) is 58.9 Å². The molecule has 6 nitrogen and oxygen atoms in total. The summed E-state index contributed by atoms with van der Waals surface area (Å²) in [5.41, 5.74) is 1.93. The predicted molar refractivity (Wildman–Crippen MR) is 112 cm³/mol.